The fourth-order valence-electron chi connectivity index (χ4n) is 5.46. The molecule has 2 atom stereocenters. The summed E-state index contributed by atoms with van der Waals surface area (Å²) in [5.74, 6) is 2.04. The smallest absolute Gasteiger partial charge is 0.185 e. The second kappa shape index (κ2) is 10.5. The zero-order valence-corrected chi connectivity index (χ0v) is 21.5. The largest absolute Gasteiger partial charge is 0.454 e. The van der Waals surface area contributed by atoms with Crippen LogP contribution in [0.1, 0.15) is 29.4 Å². The molecule has 0 saturated carbocycles. The minimum absolute atomic E-state index is 0.0604. The van der Waals surface area contributed by atoms with E-state index >= 15 is 0 Å². The highest BCUT2D eigenvalue weighted by atomic mass is 16.5. The lowest BCUT2D eigenvalue weighted by atomic mass is 9.95. The molecule has 9 heteroatoms. The van der Waals surface area contributed by atoms with Crippen molar-refractivity contribution in [2.24, 2.45) is 11.7 Å². The number of carbonyl (C=O) groups is 1. The molecule has 0 aliphatic carbocycles. The second-order valence-electron chi connectivity index (χ2n) is 10.3. The summed E-state index contributed by atoms with van der Waals surface area (Å²) in [6.07, 6.45) is 6.60. The first-order valence-electron chi connectivity index (χ1n) is 13.2. The summed E-state index contributed by atoms with van der Waals surface area (Å²) in [5, 5.41) is 0. The fourth-order valence-corrected chi connectivity index (χ4v) is 5.46. The van der Waals surface area contributed by atoms with Gasteiger partial charge in [0.2, 0.25) is 0 Å². The van der Waals surface area contributed by atoms with Gasteiger partial charge in [-0.1, -0.05) is 6.92 Å². The van der Waals surface area contributed by atoms with Crippen molar-refractivity contribution in [3.8, 4) is 11.3 Å². The molecule has 196 valence electrons. The van der Waals surface area contributed by atoms with E-state index < -0.39 is 0 Å². The van der Waals surface area contributed by atoms with Gasteiger partial charge < -0.3 is 24.7 Å². The van der Waals surface area contributed by atoms with Crippen molar-refractivity contribution in [2.75, 3.05) is 49.2 Å². The van der Waals surface area contributed by atoms with Gasteiger partial charge in [0, 0.05) is 80.1 Å². The van der Waals surface area contributed by atoms with Gasteiger partial charge in [0.1, 0.15) is 22.8 Å². The normalized spacial score (nSPS) is 20.2. The molecular formula is C29H32N6O3. The van der Waals surface area contributed by atoms with Gasteiger partial charge in [-0.05, 0) is 42.7 Å². The predicted molar refractivity (Wildman–Crippen MR) is 147 cm³/mol. The van der Waals surface area contributed by atoms with Crippen LogP contribution in [0.2, 0.25) is 0 Å². The molecule has 2 saturated heterocycles. The maximum atomic E-state index is 13.3. The monoisotopic (exact) mass is 512 g/mol. The zero-order chi connectivity index (χ0) is 26.1. The van der Waals surface area contributed by atoms with Crippen molar-refractivity contribution in [2.45, 2.75) is 25.8 Å². The first-order chi connectivity index (χ1) is 18.5. The number of anilines is 2. The first-order valence-corrected chi connectivity index (χ1v) is 13.2. The molecule has 2 N–H and O–H groups in total. The summed E-state index contributed by atoms with van der Waals surface area (Å²) < 4.78 is 11.5. The van der Waals surface area contributed by atoms with Gasteiger partial charge in [0.15, 0.2) is 11.4 Å². The van der Waals surface area contributed by atoms with Gasteiger partial charge in [0.25, 0.3) is 0 Å². The highest BCUT2D eigenvalue weighted by Gasteiger charge is 2.25. The van der Waals surface area contributed by atoms with Crippen molar-refractivity contribution < 1.29 is 13.9 Å². The number of ether oxygens (including phenoxy) is 1. The minimum atomic E-state index is -0.0604. The lowest BCUT2D eigenvalue weighted by Crippen LogP contribution is -2.46. The third-order valence-corrected chi connectivity index (χ3v) is 7.29. The van der Waals surface area contributed by atoms with Gasteiger partial charge in [-0.25, -0.2) is 9.97 Å². The Kier molecular flexibility index (Phi) is 6.78. The summed E-state index contributed by atoms with van der Waals surface area (Å²) in [6, 6.07) is 11.5. The number of nitrogens with zero attached hydrogens (tertiary/aromatic N) is 5. The highest BCUT2D eigenvalue weighted by Crippen LogP contribution is 2.29. The van der Waals surface area contributed by atoms with Crippen molar-refractivity contribution in [3.05, 3.63) is 66.2 Å². The molecule has 4 aromatic rings. The number of nitrogens with two attached hydrogens (primary N) is 1. The van der Waals surface area contributed by atoms with E-state index in [-0.39, 0.29) is 18.2 Å². The minimum Gasteiger partial charge on any atom is -0.454 e. The Labute approximate surface area is 221 Å². The predicted octanol–water partition coefficient (Wildman–Crippen LogP) is 3.72. The van der Waals surface area contributed by atoms with Crippen LogP contribution in [0.3, 0.4) is 0 Å². The van der Waals surface area contributed by atoms with Crippen LogP contribution in [-0.2, 0) is 11.2 Å². The summed E-state index contributed by atoms with van der Waals surface area (Å²) in [5.41, 5.74) is 10.7. The van der Waals surface area contributed by atoms with Crippen molar-refractivity contribution >= 4 is 28.4 Å². The van der Waals surface area contributed by atoms with Gasteiger partial charge >= 0.3 is 0 Å². The maximum absolute atomic E-state index is 13.3. The fraction of sp³-hybridized carbons (Fsp3) is 0.379. The van der Waals surface area contributed by atoms with Crippen LogP contribution in [0, 0.1) is 5.92 Å². The van der Waals surface area contributed by atoms with Crippen molar-refractivity contribution in [1.82, 2.24) is 15.0 Å². The number of Topliss-reactive ketones (excluding diaryl/α,β-unsaturated/α-hetero) is 1. The highest BCUT2D eigenvalue weighted by molar-refractivity contribution is 5.98. The maximum Gasteiger partial charge on any atom is 0.185 e. The topological polar surface area (TPSA) is 111 Å². The second-order valence-corrected chi connectivity index (χ2v) is 10.3. The summed E-state index contributed by atoms with van der Waals surface area (Å²) >= 11 is 0. The molecule has 38 heavy (non-hydrogen) atoms. The van der Waals surface area contributed by atoms with Crippen molar-refractivity contribution in [1.29, 1.82) is 0 Å². The number of fused-ring (bicyclic) bond motifs is 1. The molecular weight excluding hydrogens is 480 g/mol. The summed E-state index contributed by atoms with van der Waals surface area (Å²) in [6.45, 7) is 7.01. The summed E-state index contributed by atoms with van der Waals surface area (Å²) in [7, 11) is 0. The number of aromatic nitrogens is 3. The molecule has 6 rings (SSSR count). The molecule has 2 aliphatic heterocycles. The Morgan fingerprint density at radius 3 is 2.74 bits per heavy atom. The Morgan fingerprint density at radius 1 is 1.08 bits per heavy atom. The van der Waals surface area contributed by atoms with Gasteiger partial charge in [-0.3, -0.25) is 9.78 Å². The SMILES string of the molecule is C[C@@H]1C[C@H](N)CN(c2ccncc2CC(=O)c2ccc3oc(-c4ccc(N5CCOCC5)nc4)cc3n2)C1. The summed E-state index contributed by atoms with van der Waals surface area (Å²) in [4.78, 5) is 31.3. The van der Waals surface area contributed by atoms with Crippen LogP contribution < -0.4 is 15.5 Å². The van der Waals surface area contributed by atoms with Crippen LogP contribution in [0.4, 0.5) is 11.5 Å². The average Bonchev–Trinajstić information content (AvgIpc) is 3.37. The Hall–Kier alpha value is -3.82. The van der Waals surface area contributed by atoms with Crippen LogP contribution in [0.25, 0.3) is 22.4 Å². The number of piperidine rings is 1. The lowest BCUT2D eigenvalue weighted by molar-refractivity contribution is 0.0988. The number of hydrogen-bond donors (Lipinski definition) is 1. The zero-order valence-electron chi connectivity index (χ0n) is 21.5. The molecule has 0 spiro atoms. The molecule has 2 fully saturated rings. The first kappa shape index (κ1) is 24.5. The average molecular weight is 513 g/mol. The quantitative estimate of drug-likeness (QED) is 0.386. The standard InChI is InChI=1S/C29H32N6O3/c1-19-12-22(30)18-35(17-19)25-6-7-31-15-21(25)13-26(36)23-3-4-27-24(33-23)14-28(38-27)20-2-5-29(32-16-20)34-8-10-37-11-9-34/h2-7,14-16,19,22H,8-13,17-18,30H2,1H3/t19-,22+/m1/s1. The molecule has 9 nitrogen and oxygen atoms in total. The lowest BCUT2D eigenvalue weighted by Gasteiger charge is -2.37. The van der Waals surface area contributed by atoms with E-state index in [1.807, 2.05) is 36.5 Å². The molecule has 0 aromatic carbocycles. The molecule has 0 bridgehead atoms. The third kappa shape index (κ3) is 5.12. The van der Waals surface area contributed by atoms with E-state index in [2.05, 4.69) is 31.7 Å². The van der Waals surface area contributed by atoms with Gasteiger partial charge in [-0.15, -0.1) is 0 Å². The number of morpholine rings is 1. The van der Waals surface area contributed by atoms with Crippen LogP contribution in [-0.4, -0.2) is 66.2 Å². The number of pyridine rings is 3. The van der Waals surface area contributed by atoms with Crippen LogP contribution in [0.5, 0.6) is 0 Å². The van der Waals surface area contributed by atoms with Gasteiger partial charge in [0.05, 0.1) is 13.2 Å². The number of furan rings is 1. The van der Waals surface area contributed by atoms with Crippen LogP contribution >= 0.6 is 0 Å². The molecule has 0 unspecified atom stereocenters. The number of carbonyl (C=O) groups excluding carboxylic acids is 1. The van der Waals surface area contributed by atoms with E-state index in [0.717, 1.165) is 55.2 Å². The molecule has 4 aromatic heterocycles. The molecule has 6 heterocycles. The van der Waals surface area contributed by atoms with E-state index in [0.29, 0.717) is 41.7 Å². The Morgan fingerprint density at radius 2 is 1.95 bits per heavy atom. The van der Waals surface area contributed by atoms with E-state index in [1.54, 1.807) is 18.5 Å². The Balaban J connectivity index is 1.20. The molecule has 0 radical (unpaired) electrons. The van der Waals surface area contributed by atoms with Crippen molar-refractivity contribution in [3.63, 3.8) is 0 Å². The van der Waals surface area contributed by atoms with E-state index in [9.17, 15) is 4.79 Å². The number of hydrogen-bond acceptors (Lipinski definition) is 9. The van der Waals surface area contributed by atoms with E-state index in [1.165, 1.54) is 0 Å². The molecule has 0 amide bonds. The van der Waals surface area contributed by atoms with Crippen LogP contribution in [0.15, 0.2) is 59.4 Å². The number of ketones is 1. The molecule has 2 aliphatic rings. The van der Waals surface area contributed by atoms with E-state index in [4.69, 9.17) is 14.9 Å². The Bertz CT molecular complexity index is 1420. The third-order valence-electron chi connectivity index (χ3n) is 7.29. The number of rotatable bonds is 6. The van der Waals surface area contributed by atoms with Gasteiger partial charge in [-0.2, -0.15) is 0 Å².